The Hall–Kier alpha value is -2.91. The van der Waals surface area contributed by atoms with E-state index in [2.05, 4.69) is 11.1 Å². The average molecular weight is 337 g/mol. The minimum Gasteiger partial charge on any atom is -0.490 e. The van der Waals surface area contributed by atoms with Gasteiger partial charge in [-0.3, -0.25) is 9.78 Å². The van der Waals surface area contributed by atoms with Crippen LogP contribution < -0.4 is 4.74 Å². The number of hydrogen-bond acceptors (Lipinski definition) is 5. The maximum atomic E-state index is 12.9. The van der Waals surface area contributed by atoms with Crippen LogP contribution in [-0.2, 0) is 4.74 Å². The quantitative estimate of drug-likeness (QED) is 0.836. The van der Waals surface area contributed by atoms with Crippen molar-refractivity contribution in [2.75, 3.05) is 20.3 Å². The molecule has 1 aliphatic heterocycles. The van der Waals surface area contributed by atoms with E-state index in [4.69, 9.17) is 14.7 Å². The molecule has 2 aromatic rings. The Morgan fingerprint density at radius 3 is 3.00 bits per heavy atom. The molecule has 3 rings (SSSR count). The zero-order valence-corrected chi connectivity index (χ0v) is 14.0. The Kier molecular flexibility index (Phi) is 5.26. The molecule has 128 valence electrons. The highest BCUT2D eigenvalue weighted by atomic mass is 16.5. The lowest BCUT2D eigenvalue weighted by Gasteiger charge is -2.24. The number of likely N-dealkylation sites (tertiary alicyclic amines) is 1. The Bertz CT molecular complexity index is 773. The third-order valence-corrected chi connectivity index (χ3v) is 4.29. The maximum Gasteiger partial charge on any atom is 0.254 e. The van der Waals surface area contributed by atoms with Crippen LogP contribution in [0.15, 0.2) is 48.8 Å². The molecule has 6 nitrogen and oxygen atoms in total. The molecule has 1 aromatic carbocycles. The number of amides is 1. The minimum atomic E-state index is -0.114. The van der Waals surface area contributed by atoms with Crippen molar-refractivity contribution in [2.24, 2.45) is 0 Å². The van der Waals surface area contributed by atoms with Gasteiger partial charge in [-0.05, 0) is 36.8 Å². The van der Waals surface area contributed by atoms with Gasteiger partial charge in [0.05, 0.1) is 30.0 Å². The van der Waals surface area contributed by atoms with Crippen LogP contribution in [0.3, 0.4) is 0 Å². The summed E-state index contributed by atoms with van der Waals surface area (Å²) in [5.74, 6) is 0.554. The van der Waals surface area contributed by atoms with Gasteiger partial charge < -0.3 is 14.4 Å². The first-order valence-electron chi connectivity index (χ1n) is 8.08. The third-order valence-electron chi connectivity index (χ3n) is 4.29. The molecule has 0 N–H and O–H groups in total. The van der Waals surface area contributed by atoms with Gasteiger partial charge >= 0.3 is 0 Å². The van der Waals surface area contributed by atoms with Gasteiger partial charge in [-0.2, -0.15) is 5.26 Å². The highest BCUT2D eigenvalue weighted by molar-refractivity contribution is 5.95. The van der Waals surface area contributed by atoms with Crippen molar-refractivity contribution in [3.05, 3.63) is 59.9 Å². The van der Waals surface area contributed by atoms with Crippen LogP contribution in [0.1, 0.15) is 22.3 Å². The van der Waals surface area contributed by atoms with Crippen LogP contribution in [0, 0.1) is 11.3 Å². The van der Waals surface area contributed by atoms with E-state index >= 15 is 0 Å². The van der Waals surface area contributed by atoms with Crippen LogP contribution >= 0.6 is 0 Å². The molecule has 1 fully saturated rings. The molecule has 0 unspecified atom stereocenters. The van der Waals surface area contributed by atoms with Gasteiger partial charge in [0.15, 0.2) is 0 Å². The number of nitriles is 1. The van der Waals surface area contributed by atoms with Crippen molar-refractivity contribution in [3.8, 4) is 11.8 Å². The predicted molar refractivity (Wildman–Crippen MR) is 91.1 cm³/mol. The van der Waals surface area contributed by atoms with Crippen molar-refractivity contribution < 1.29 is 14.3 Å². The number of nitrogens with zero attached hydrogens (tertiary/aromatic N) is 3. The lowest BCUT2D eigenvalue weighted by Crippen LogP contribution is -2.39. The molecule has 1 saturated heterocycles. The Morgan fingerprint density at radius 1 is 1.40 bits per heavy atom. The monoisotopic (exact) mass is 337 g/mol. The first-order valence-corrected chi connectivity index (χ1v) is 8.08. The van der Waals surface area contributed by atoms with E-state index in [1.165, 1.54) is 0 Å². The second-order valence-corrected chi connectivity index (χ2v) is 5.90. The molecule has 0 saturated carbocycles. The second kappa shape index (κ2) is 7.77. The first kappa shape index (κ1) is 16.9. The summed E-state index contributed by atoms with van der Waals surface area (Å²) in [6.45, 7) is 0.877. The van der Waals surface area contributed by atoms with Crippen molar-refractivity contribution in [3.63, 3.8) is 0 Å². The molecular weight excluding hydrogens is 318 g/mol. The number of benzene rings is 1. The molecule has 0 bridgehead atoms. The summed E-state index contributed by atoms with van der Waals surface area (Å²) in [5.41, 5.74) is 0.971. The Morgan fingerprint density at radius 2 is 2.28 bits per heavy atom. The lowest BCUT2D eigenvalue weighted by atomic mass is 10.1. The van der Waals surface area contributed by atoms with Crippen LogP contribution in [-0.4, -0.2) is 48.2 Å². The summed E-state index contributed by atoms with van der Waals surface area (Å²) >= 11 is 0. The molecule has 2 atom stereocenters. The molecule has 0 radical (unpaired) electrons. The normalized spacial score (nSPS) is 19.4. The first-order chi connectivity index (χ1) is 12.2. The van der Waals surface area contributed by atoms with Gasteiger partial charge in [-0.15, -0.1) is 0 Å². The van der Waals surface area contributed by atoms with E-state index in [-0.39, 0.29) is 18.1 Å². The van der Waals surface area contributed by atoms with E-state index in [1.807, 2.05) is 6.07 Å². The molecule has 0 spiro atoms. The summed E-state index contributed by atoms with van der Waals surface area (Å²) in [6, 6.07) is 12.3. The number of aromatic nitrogens is 1. The van der Waals surface area contributed by atoms with Gasteiger partial charge in [-0.1, -0.05) is 6.07 Å². The van der Waals surface area contributed by atoms with E-state index in [0.717, 1.165) is 0 Å². The smallest absolute Gasteiger partial charge is 0.254 e. The number of pyridine rings is 1. The van der Waals surface area contributed by atoms with Crippen molar-refractivity contribution in [1.82, 2.24) is 9.88 Å². The number of carbonyl (C=O) groups excluding carboxylic acids is 1. The molecule has 0 aliphatic carbocycles. The van der Waals surface area contributed by atoms with Crippen LogP contribution in [0.4, 0.5) is 0 Å². The third kappa shape index (κ3) is 3.95. The van der Waals surface area contributed by atoms with Gasteiger partial charge in [0.1, 0.15) is 12.4 Å². The zero-order valence-electron chi connectivity index (χ0n) is 14.0. The van der Waals surface area contributed by atoms with Crippen LogP contribution in [0.5, 0.6) is 5.75 Å². The maximum absolute atomic E-state index is 12.9. The number of carbonyl (C=O) groups is 1. The van der Waals surface area contributed by atoms with Gasteiger partial charge in [-0.25, -0.2) is 0 Å². The number of hydrogen-bond donors (Lipinski definition) is 0. The summed E-state index contributed by atoms with van der Waals surface area (Å²) in [6.07, 6.45) is 4.01. The molecule has 6 heteroatoms. The molecule has 1 amide bonds. The largest absolute Gasteiger partial charge is 0.490 e. The SMILES string of the molecule is CO[C@@H]1C[C@@H](COc2cccnc2)N(C(=O)c2cccc(C#N)c2)C1. The van der Waals surface area contributed by atoms with E-state index in [1.54, 1.807) is 54.7 Å². The van der Waals surface area contributed by atoms with Gasteiger partial charge in [0.25, 0.3) is 5.91 Å². The standard InChI is InChI=1S/C19H19N3O3/c1-24-18-9-16(13-25-17-6-3-7-21-11-17)22(12-18)19(23)15-5-2-4-14(8-15)10-20/h2-8,11,16,18H,9,12-13H2,1H3/t16-,18+/m0/s1. The highest BCUT2D eigenvalue weighted by Crippen LogP contribution is 2.24. The van der Waals surface area contributed by atoms with Crippen molar-refractivity contribution in [1.29, 1.82) is 5.26 Å². The molecule has 1 aliphatic rings. The summed E-state index contributed by atoms with van der Waals surface area (Å²) in [5, 5.41) is 9.03. The average Bonchev–Trinajstić information content (AvgIpc) is 3.10. The lowest BCUT2D eigenvalue weighted by molar-refractivity contribution is 0.0658. The van der Waals surface area contributed by atoms with E-state index in [9.17, 15) is 4.79 Å². The molecule has 25 heavy (non-hydrogen) atoms. The highest BCUT2D eigenvalue weighted by Gasteiger charge is 2.36. The van der Waals surface area contributed by atoms with Crippen molar-refractivity contribution >= 4 is 5.91 Å². The zero-order chi connectivity index (χ0) is 17.6. The number of rotatable bonds is 5. The summed E-state index contributed by atoms with van der Waals surface area (Å²) in [4.78, 5) is 18.7. The fourth-order valence-corrected chi connectivity index (χ4v) is 2.96. The van der Waals surface area contributed by atoms with Crippen molar-refractivity contribution in [2.45, 2.75) is 18.6 Å². The Labute approximate surface area is 146 Å². The molecule has 1 aromatic heterocycles. The molecular formula is C19H19N3O3. The predicted octanol–water partition coefficient (Wildman–Crippen LogP) is 2.26. The number of ether oxygens (including phenoxy) is 2. The van der Waals surface area contributed by atoms with E-state index < -0.39 is 0 Å². The van der Waals surface area contributed by atoms with Gasteiger partial charge in [0.2, 0.25) is 0 Å². The summed E-state index contributed by atoms with van der Waals surface area (Å²) in [7, 11) is 1.65. The second-order valence-electron chi connectivity index (χ2n) is 5.90. The topological polar surface area (TPSA) is 75.5 Å². The fourth-order valence-electron chi connectivity index (χ4n) is 2.96. The number of methoxy groups -OCH3 is 1. The molecule has 2 heterocycles. The van der Waals surface area contributed by atoms with Crippen LogP contribution in [0.2, 0.25) is 0 Å². The van der Waals surface area contributed by atoms with E-state index in [0.29, 0.717) is 36.4 Å². The Balaban J connectivity index is 1.74. The fraction of sp³-hybridized carbons (Fsp3) is 0.316. The van der Waals surface area contributed by atoms with Gasteiger partial charge in [0, 0.05) is 25.4 Å². The van der Waals surface area contributed by atoms with Crippen LogP contribution in [0.25, 0.3) is 0 Å². The minimum absolute atomic E-state index is 0.0226. The summed E-state index contributed by atoms with van der Waals surface area (Å²) < 4.78 is 11.2.